The average Bonchev–Trinajstić information content (AvgIpc) is 2.67. The summed E-state index contributed by atoms with van der Waals surface area (Å²) in [4.78, 5) is 12.3. The molecule has 1 fully saturated rings. The smallest absolute Gasteiger partial charge is 0.136 e. The van der Waals surface area contributed by atoms with E-state index in [0.29, 0.717) is 11.7 Å². The third-order valence-corrected chi connectivity index (χ3v) is 3.89. The van der Waals surface area contributed by atoms with Crippen molar-refractivity contribution in [2.45, 2.75) is 79.1 Å². The lowest BCUT2D eigenvalue weighted by atomic mass is 9.80. The monoisotopic (exact) mass is 238 g/mol. The van der Waals surface area contributed by atoms with Crippen LogP contribution in [-0.4, -0.2) is 5.78 Å². The minimum absolute atomic E-state index is 0.152. The fourth-order valence-corrected chi connectivity index (χ4v) is 3.07. The quantitative estimate of drug-likeness (QED) is 0.637. The van der Waals surface area contributed by atoms with E-state index in [4.69, 9.17) is 0 Å². The van der Waals surface area contributed by atoms with Gasteiger partial charge in [-0.3, -0.25) is 4.79 Å². The molecule has 17 heavy (non-hydrogen) atoms. The summed E-state index contributed by atoms with van der Waals surface area (Å²) in [5, 5.41) is 0. The van der Waals surface area contributed by atoms with Crippen molar-refractivity contribution in [2.24, 2.45) is 17.3 Å². The van der Waals surface area contributed by atoms with Gasteiger partial charge in [0.1, 0.15) is 5.78 Å². The third-order valence-electron chi connectivity index (χ3n) is 3.89. The Morgan fingerprint density at radius 1 is 1.24 bits per heavy atom. The van der Waals surface area contributed by atoms with Gasteiger partial charge in [0.15, 0.2) is 0 Å². The topological polar surface area (TPSA) is 17.1 Å². The molecule has 0 aromatic heterocycles. The van der Waals surface area contributed by atoms with Crippen LogP contribution in [0, 0.1) is 17.3 Å². The maximum atomic E-state index is 12.3. The van der Waals surface area contributed by atoms with Gasteiger partial charge in [-0.1, -0.05) is 59.8 Å². The van der Waals surface area contributed by atoms with Gasteiger partial charge in [0.25, 0.3) is 0 Å². The van der Waals surface area contributed by atoms with Crippen molar-refractivity contribution in [3.05, 3.63) is 0 Å². The van der Waals surface area contributed by atoms with Gasteiger partial charge in [-0.2, -0.15) is 0 Å². The number of carbonyl (C=O) groups is 1. The summed E-state index contributed by atoms with van der Waals surface area (Å²) >= 11 is 0. The van der Waals surface area contributed by atoms with E-state index in [1.807, 2.05) is 0 Å². The van der Waals surface area contributed by atoms with Gasteiger partial charge in [0.2, 0.25) is 0 Å². The SMILES string of the molecule is CCCC(CC1CCCC1)C(=O)CC(C)(C)C. The molecule has 0 N–H and O–H groups in total. The standard InChI is InChI=1S/C16H30O/c1-5-8-14(11-13-9-6-7-10-13)15(17)12-16(2,3)4/h13-14H,5-12H2,1-4H3. The van der Waals surface area contributed by atoms with Gasteiger partial charge < -0.3 is 0 Å². The summed E-state index contributed by atoms with van der Waals surface area (Å²) in [5.41, 5.74) is 0.152. The van der Waals surface area contributed by atoms with Crippen LogP contribution >= 0.6 is 0 Å². The van der Waals surface area contributed by atoms with E-state index in [0.717, 1.165) is 25.2 Å². The van der Waals surface area contributed by atoms with Crippen molar-refractivity contribution in [2.75, 3.05) is 0 Å². The van der Waals surface area contributed by atoms with Crippen LogP contribution in [0.1, 0.15) is 79.1 Å². The van der Waals surface area contributed by atoms with Crippen LogP contribution in [0.3, 0.4) is 0 Å². The highest BCUT2D eigenvalue weighted by Crippen LogP contribution is 2.33. The molecular weight excluding hydrogens is 208 g/mol. The first-order valence-corrected chi connectivity index (χ1v) is 7.45. The molecule has 1 unspecified atom stereocenters. The van der Waals surface area contributed by atoms with E-state index < -0.39 is 0 Å². The molecule has 1 saturated carbocycles. The van der Waals surface area contributed by atoms with Crippen molar-refractivity contribution in [3.8, 4) is 0 Å². The molecule has 1 heteroatoms. The Hall–Kier alpha value is -0.330. The molecule has 1 rings (SSSR count). The number of Topliss-reactive ketones (excluding diaryl/α,β-unsaturated/α-hetero) is 1. The largest absolute Gasteiger partial charge is 0.299 e. The second-order valence-electron chi connectivity index (χ2n) is 7.08. The Morgan fingerprint density at radius 2 is 1.82 bits per heavy atom. The number of carbonyl (C=O) groups excluding carboxylic acids is 1. The van der Waals surface area contributed by atoms with Gasteiger partial charge in [-0.15, -0.1) is 0 Å². The van der Waals surface area contributed by atoms with E-state index in [1.165, 1.54) is 32.1 Å². The predicted molar refractivity (Wildman–Crippen MR) is 74.1 cm³/mol. The second-order valence-corrected chi connectivity index (χ2v) is 7.08. The first kappa shape index (κ1) is 14.7. The lowest BCUT2D eigenvalue weighted by Gasteiger charge is -2.23. The zero-order valence-corrected chi connectivity index (χ0v) is 12.2. The van der Waals surface area contributed by atoms with Crippen LogP contribution in [0.4, 0.5) is 0 Å². The molecule has 1 aliphatic rings. The Bertz CT molecular complexity index is 230. The Balaban J connectivity index is 2.48. The molecular formula is C16H30O. The summed E-state index contributed by atoms with van der Waals surface area (Å²) in [6, 6.07) is 0. The molecule has 0 aliphatic heterocycles. The van der Waals surface area contributed by atoms with Gasteiger partial charge in [-0.05, 0) is 24.2 Å². The minimum Gasteiger partial charge on any atom is -0.299 e. The van der Waals surface area contributed by atoms with Crippen LogP contribution in [-0.2, 0) is 4.79 Å². The lowest BCUT2D eigenvalue weighted by Crippen LogP contribution is -2.22. The van der Waals surface area contributed by atoms with E-state index in [1.54, 1.807) is 0 Å². The van der Waals surface area contributed by atoms with Crippen molar-refractivity contribution >= 4 is 5.78 Å². The fourth-order valence-electron chi connectivity index (χ4n) is 3.07. The number of hydrogen-bond donors (Lipinski definition) is 0. The zero-order valence-electron chi connectivity index (χ0n) is 12.2. The highest BCUT2D eigenvalue weighted by atomic mass is 16.1. The summed E-state index contributed by atoms with van der Waals surface area (Å²) < 4.78 is 0. The Labute approximate surface area is 107 Å². The van der Waals surface area contributed by atoms with E-state index >= 15 is 0 Å². The van der Waals surface area contributed by atoms with Gasteiger partial charge in [0, 0.05) is 12.3 Å². The molecule has 0 radical (unpaired) electrons. The van der Waals surface area contributed by atoms with Crippen LogP contribution in [0.2, 0.25) is 0 Å². The summed E-state index contributed by atoms with van der Waals surface area (Å²) in [5.74, 6) is 1.71. The van der Waals surface area contributed by atoms with Gasteiger partial charge in [-0.25, -0.2) is 0 Å². The average molecular weight is 238 g/mol. The molecule has 0 saturated heterocycles. The number of rotatable bonds is 6. The predicted octanol–water partition coefficient (Wildman–Crippen LogP) is 4.99. The van der Waals surface area contributed by atoms with Crippen molar-refractivity contribution in [1.29, 1.82) is 0 Å². The second kappa shape index (κ2) is 6.56. The molecule has 0 aromatic carbocycles. The molecule has 0 amide bonds. The van der Waals surface area contributed by atoms with Gasteiger partial charge >= 0.3 is 0 Å². The third kappa shape index (κ3) is 5.70. The van der Waals surface area contributed by atoms with Gasteiger partial charge in [0.05, 0.1) is 0 Å². The Kier molecular flexibility index (Phi) is 5.69. The first-order valence-electron chi connectivity index (χ1n) is 7.45. The van der Waals surface area contributed by atoms with E-state index in [2.05, 4.69) is 27.7 Å². The summed E-state index contributed by atoms with van der Waals surface area (Å²) in [7, 11) is 0. The fraction of sp³-hybridized carbons (Fsp3) is 0.938. The molecule has 0 bridgehead atoms. The summed E-state index contributed by atoms with van der Waals surface area (Å²) in [6.07, 6.45) is 9.67. The molecule has 1 aliphatic carbocycles. The molecule has 0 spiro atoms. The van der Waals surface area contributed by atoms with Crippen LogP contribution in [0.25, 0.3) is 0 Å². The highest BCUT2D eigenvalue weighted by molar-refractivity contribution is 5.81. The zero-order chi connectivity index (χ0) is 12.9. The minimum atomic E-state index is 0.152. The number of ketones is 1. The highest BCUT2D eigenvalue weighted by Gasteiger charge is 2.27. The van der Waals surface area contributed by atoms with Crippen molar-refractivity contribution in [3.63, 3.8) is 0 Å². The van der Waals surface area contributed by atoms with Crippen LogP contribution < -0.4 is 0 Å². The normalized spacial score (nSPS) is 19.5. The van der Waals surface area contributed by atoms with Crippen molar-refractivity contribution < 1.29 is 4.79 Å². The molecule has 0 heterocycles. The van der Waals surface area contributed by atoms with Crippen molar-refractivity contribution in [1.82, 2.24) is 0 Å². The summed E-state index contributed by atoms with van der Waals surface area (Å²) in [6.45, 7) is 8.71. The maximum Gasteiger partial charge on any atom is 0.136 e. The molecule has 0 aromatic rings. The number of hydrogen-bond acceptors (Lipinski definition) is 1. The van der Waals surface area contributed by atoms with Crippen LogP contribution in [0.15, 0.2) is 0 Å². The lowest BCUT2D eigenvalue weighted by molar-refractivity contribution is -0.125. The Morgan fingerprint density at radius 3 is 2.29 bits per heavy atom. The molecule has 1 atom stereocenters. The van der Waals surface area contributed by atoms with E-state index in [9.17, 15) is 4.79 Å². The molecule has 100 valence electrons. The first-order chi connectivity index (χ1) is 7.92. The van der Waals surface area contributed by atoms with E-state index in [-0.39, 0.29) is 5.41 Å². The maximum absolute atomic E-state index is 12.3. The molecule has 1 nitrogen and oxygen atoms in total. The van der Waals surface area contributed by atoms with Crippen LogP contribution in [0.5, 0.6) is 0 Å².